The second-order valence-corrected chi connectivity index (χ2v) is 4.50. The van der Waals surface area contributed by atoms with Gasteiger partial charge < -0.3 is 9.84 Å². The van der Waals surface area contributed by atoms with Gasteiger partial charge in [0.25, 0.3) is 5.92 Å². The van der Waals surface area contributed by atoms with Crippen molar-refractivity contribution in [3.63, 3.8) is 0 Å². The summed E-state index contributed by atoms with van der Waals surface area (Å²) in [5, 5.41) is 9.62. The lowest BCUT2D eigenvalue weighted by atomic mass is 9.91. The van der Waals surface area contributed by atoms with Gasteiger partial charge in [0, 0.05) is 12.8 Å². The van der Waals surface area contributed by atoms with E-state index < -0.39 is 18.1 Å². The van der Waals surface area contributed by atoms with Crippen molar-refractivity contribution in [2.45, 2.75) is 44.0 Å². The maximum atomic E-state index is 13.2. The molecule has 0 aromatic heterocycles. The number of aliphatic hydroxyl groups is 1. The molecule has 4 heteroatoms. The van der Waals surface area contributed by atoms with Crippen molar-refractivity contribution in [1.82, 2.24) is 0 Å². The first-order valence-corrected chi connectivity index (χ1v) is 5.78. The average Bonchev–Trinajstić information content (AvgIpc) is 2.32. The minimum absolute atomic E-state index is 0.104. The van der Waals surface area contributed by atoms with Gasteiger partial charge in [-0.3, -0.25) is 0 Å². The molecule has 1 aromatic rings. The van der Waals surface area contributed by atoms with Gasteiger partial charge in [-0.25, -0.2) is 8.78 Å². The number of hydrogen-bond donors (Lipinski definition) is 1. The second-order valence-electron chi connectivity index (χ2n) is 4.50. The van der Waals surface area contributed by atoms with Crippen molar-refractivity contribution in [1.29, 1.82) is 0 Å². The number of alkyl halides is 2. The standard InChI is InChI=1S/C13H16F2O2/c14-13(15)7-6-11(16)12(8-13)17-9-10-4-2-1-3-5-10/h1-5,11-12,16H,6-9H2/t11-,12+/m1/s1. The lowest BCUT2D eigenvalue weighted by Gasteiger charge is -2.32. The first-order chi connectivity index (χ1) is 8.07. The molecule has 1 fully saturated rings. The lowest BCUT2D eigenvalue weighted by molar-refractivity contribution is -0.146. The van der Waals surface area contributed by atoms with E-state index in [0.717, 1.165) is 5.56 Å². The van der Waals surface area contributed by atoms with Crippen LogP contribution in [0.15, 0.2) is 30.3 Å². The van der Waals surface area contributed by atoms with Crippen LogP contribution < -0.4 is 0 Å². The highest BCUT2D eigenvalue weighted by molar-refractivity contribution is 5.13. The van der Waals surface area contributed by atoms with E-state index in [4.69, 9.17) is 4.74 Å². The average molecular weight is 242 g/mol. The fourth-order valence-corrected chi connectivity index (χ4v) is 2.02. The lowest BCUT2D eigenvalue weighted by Crippen LogP contribution is -2.41. The molecule has 2 atom stereocenters. The van der Waals surface area contributed by atoms with E-state index >= 15 is 0 Å². The number of ether oxygens (including phenoxy) is 1. The largest absolute Gasteiger partial charge is 0.390 e. The highest BCUT2D eigenvalue weighted by Gasteiger charge is 2.41. The van der Waals surface area contributed by atoms with E-state index in [1.165, 1.54) is 0 Å². The molecule has 0 radical (unpaired) electrons. The number of benzene rings is 1. The molecule has 2 nitrogen and oxygen atoms in total. The Hall–Kier alpha value is -1.00. The van der Waals surface area contributed by atoms with Gasteiger partial charge >= 0.3 is 0 Å². The summed E-state index contributed by atoms with van der Waals surface area (Å²) in [5.74, 6) is -2.71. The Kier molecular flexibility index (Phi) is 3.74. The minimum atomic E-state index is -2.71. The molecule has 0 bridgehead atoms. The highest BCUT2D eigenvalue weighted by Crippen LogP contribution is 2.35. The van der Waals surface area contributed by atoms with Crippen LogP contribution in [0.1, 0.15) is 24.8 Å². The van der Waals surface area contributed by atoms with Crippen molar-refractivity contribution >= 4 is 0 Å². The van der Waals surface area contributed by atoms with Crippen LogP contribution in [0.5, 0.6) is 0 Å². The Labute approximate surface area is 99.2 Å². The molecule has 0 unspecified atom stereocenters. The van der Waals surface area contributed by atoms with Gasteiger partial charge in [-0.05, 0) is 12.0 Å². The van der Waals surface area contributed by atoms with Crippen molar-refractivity contribution in [3.8, 4) is 0 Å². The molecule has 1 saturated carbocycles. The van der Waals surface area contributed by atoms with Crippen LogP contribution in [0.4, 0.5) is 8.78 Å². The molecular formula is C13H16F2O2. The zero-order valence-corrected chi connectivity index (χ0v) is 9.48. The Morgan fingerprint density at radius 1 is 1.29 bits per heavy atom. The molecule has 94 valence electrons. The van der Waals surface area contributed by atoms with Crippen LogP contribution >= 0.6 is 0 Å². The molecule has 0 spiro atoms. The molecule has 1 aliphatic carbocycles. The maximum Gasteiger partial charge on any atom is 0.250 e. The van der Waals surface area contributed by atoms with Crippen molar-refractivity contribution in [2.75, 3.05) is 0 Å². The predicted octanol–water partition coefficient (Wildman–Crippen LogP) is 2.75. The summed E-state index contributed by atoms with van der Waals surface area (Å²) in [4.78, 5) is 0. The van der Waals surface area contributed by atoms with E-state index in [-0.39, 0.29) is 25.9 Å². The van der Waals surface area contributed by atoms with Gasteiger partial charge in [0.2, 0.25) is 0 Å². The zero-order chi connectivity index (χ0) is 12.3. The van der Waals surface area contributed by atoms with Gasteiger partial charge in [0.15, 0.2) is 0 Å². The fraction of sp³-hybridized carbons (Fsp3) is 0.538. The number of hydrogen-bond acceptors (Lipinski definition) is 2. The van der Waals surface area contributed by atoms with Crippen LogP contribution in [0, 0.1) is 0 Å². The Morgan fingerprint density at radius 3 is 2.71 bits per heavy atom. The summed E-state index contributed by atoms with van der Waals surface area (Å²) in [6.07, 6.45) is -2.08. The Bertz CT molecular complexity index is 354. The summed E-state index contributed by atoms with van der Waals surface area (Å²) in [7, 11) is 0. The van der Waals surface area contributed by atoms with E-state index in [0.29, 0.717) is 0 Å². The van der Waals surface area contributed by atoms with Crippen LogP contribution in [0.2, 0.25) is 0 Å². The van der Waals surface area contributed by atoms with Gasteiger partial charge in [0.1, 0.15) is 0 Å². The first kappa shape index (κ1) is 12.5. The molecule has 2 rings (SSSR count). The van der Waals surface area contributed by atoms with Crippen molar-refractivity contribution in [2.24, 2.45) is 0 Å². The third-order valence-electron chi connectivity index (χ3n) is 3.04. The van der Waals surface area contributed by atoms with Gasteiger partial charge in [-0.1, -0.05) is 30.3 Å². The predicted molar refractivity (Wildman–Crippen MR) is 59.8 cm³/mol. The maximum absolute atomic E-state index is 13.2. The fourth-order valence-electron chi connectivity index (χ4n) is 2.02. The molecular weight excluding hydrogens is 226 g/mol. The molecule has 1 N–H and O–H groups in total. The van der Waals surface area contributed by atoms with E-state index in [1.807, 2.05) is 30.3 Å². The van der Waals surface area contributed by atoms with Gasteiger partial charge in [-0.2, -0.15) is 0 Å². The zero-order valence-electron chi connectivity index (χ0n) is 9.48. The Balaban J connectivity index is 1.89. The number of rotatable bonds is 3. The monoisotopic (exact) mass is 242 g/mol. The second kappa shape index (κ2) is 5.10. The third-order valence-corrected chi connectivity index (χ3v) is 3.04. The van der Waals surface area contributed by atoms with Crippen molar-refractivity contribution < 1.29 is 18.6 Å². The molecule has 0 aliphatic heterocycles. The summed E-state index contributed by atoms with van der Waals surface area (Å²) in [6.45, 7) is 0.263. The van der Waals surface area contributed by atoms with Gasteiger partial charge in [-0.15, -0.1) is 0 Å². The molecule has 0 amide bonds. The third kappa shape index (κ3) is 3.48. The first-order valence-electron chi connectivity index (χ1n) is 5.78. The molecule has 1 aromatic carbocycles. The molecule has 17 heavy (non-hydrogen) atoms. The van der Waals surface area contributed by atoms with Crippen molar-refractivity contribution in [3.05, 3.63) is 35.9 Å². The number of aliphatic hydroxyl groups excluding tert-OH is 1. The minimum Gasteiger partial charge on any atom is -0.390 e. The summed E-state index contributed by atoms with van der Waals surface area (Å²) >= 11 is 0. The topological polar surface area (TPSA) is 29.5 Å². The number of halogens is 2. The van der Waals surface area contributed by atoms with E-state index in [1.54, 1.807) is 0 Å². The van der Waals surface area contributed by atoms with Gasteiger partial charge in [0.05, 0.1) is 18.8 Å². The van der Waals surface area contributed by atoms with E-state index in [2.05, 4.69) is 0 Å². The summed E-state index contributed by atoms with van der Waals surface area (Å²) < 4.78 is 31.7. The quantitative estimate of drug-likeness (QED) is 0.883. The summed E-state index contributed by atoms with van der Waals surface area (Å²) in [6, 6.07) is 9.35. The van der Waals surface area contributed by atoms with E-state index in [9.17, 15) is 13.9 Å². The Morgan fingerprint density at radius 2 is 2.00 bits per heavy atom. The normalized spacial score (nSPS) is 27.9. The molecule has 0 saturated heterocycles. The summed E-state index contributed by atoms with van der Waals surface area (Å²) in [5.41, 5.74) is 0.925. The van der Waals surface area contributed by atoms with Crippen LogP contribution in [0.3, 0.4) is 0 Å². The van der Waals surface area contributed by atoms with Crippen LogP contribution in [0.25, 0.3) is 0 Å². The highest BCUT2D eigenvalue weighted by atomic mass is 19.3. The smallest absolute Gasteiger partial charge is 0.250 e. The molecule has 0 heterocycles. The van der Waals surface area contributed by atoms with Crippen LogP contribution in [-0.4, -0.2) is 23.2 Å². The molecule has 1 aliphatic rings. The SMILES string of the molecule is O[C@@H]1CCC(F)(F)C[C@@H]1OCc1ccccc1. The van der Waals surface area contributed by atoms with Crippen LogP contribution in [-0.2, 0) is 11.3 Å².